The summed E-state index contributed by atoms with van der Waals surface area (Å²) in [7, 11) is 0. The molecule has 2 heterocycles. The van der Waals surface area contributed by atoms with Gasteiger partial charge in [0, 0.05) is 12.1 Å². The number of carbonyl (C=O) groups excluding carboxylic acids is 1. The van der Waals surface area contributed by atoms with Gasteiger partial charge in [-0.05, 0) is 37.9 Å². The number of benzene rings is 1. The second kappa shape index (κ2) is 6.95. The van der Waals surface area contributed by atoms with Crippen molar-refractivity contribution in [2.75, 3.05) is 26.2 Å². The topological polar surface area (TPSA) is 50.4 Å². The van der Waals surface area contributed by atoms with E-state index in [9.17, 15) is 4.79 Å². The fraction of sp³-hybridized carbons (Fsp3) is 0.533. The molecule has 1 aromatic rings. The number of halogens is 1. The van der Waals surface area contributed by atoms with E-state index in [0.717, 1.165) is 43.8 Å². The highest BCUT2D eigenvalue weighted by molar-refractivity contribution is 5.85. The van der Waals surface area contributed by atoms with Crippen LogP contribution in [0.15, 0.2) is 24.3 Å². The van der Waals surface area contributed by atoms with Gasteiger partial charge in [0.1, 0.15) is 5.75 Å². The van der Waals surface area contributed by atoms with Crippen LogP contribution in [0.2, 0.25) is 0 Å². The maximum atomic E-state index is 12.3. The molecule has 0 aliphatic carbocycles. The van der Waals surface area contributed by atoms with Crippen molar-refractivity contribution in [2.45, 2.75) is 18.8 Å². The highest BCUT2D eigenvalue weighted by Gasteiger charge is 2.27. The van der Waals surface area contributed by atoms with Gasteiger partial charge in [-0.1, -0.05) is 18.2 Å². The van der Waals surface area contributed by atoms with E-state index >= 15 is 0 Å². The third-order valence-corrected chi connectivity index (χ3v) is 4.00. The van der Waals surface area contributed by atoms with Crippen molar-refractivity contribution < 1.29 is 9.53 Å². The molecule has 4 nitrogen and oxygen atoms in total. The predicted molar refractivity (Wildman–Crippen MR) is 80.5 cm³/mol. The molecule has 0 aromatic heterocycles. The van der Waals surface area contributed by atoms with Crippen LogP contribution < -0.4 is 15.4 Å². The molecule has 2 N–H and O–H groups in total. The van der Waals surface area contributed by atoms with E-state index in [0.29, 0.717) is 12.5 Å². The zero-order valence-corrected chi connectivity index (χ0v) is 12.2. The maximum absolute atomic E-state index is 12.3. The van der Waals surface area contributed by atoms with Crippen LogP contribution >= 0.6 is 12.4 Å². The minimum atomic E-state index is -0.0562. The van der Waals surface area contributed by atoms with Crippen molar-refractivity contribution in [1.82, 2.24) is 10.6 Å². The summed E-state index contributed by atoms with van der Waals surface area (Å²) in [4.78, 5) is 12.3. The molecule has 5 heteroatoms. The van der Waals surface area contributed by atoms with Gasteiger partial charge >= 0.3 is 0 Å². The van der Waals surface area contributed by atoms with Crippen molar-refractivity contribution in [2.24, 2.45) is 5.92 Å². The monoisotopic (exact) mass is 296 g/mol. The van der Waals surface area contributed by atoms with Gasteiger partial charge in [0.2, 0.25) is 5.91 Å². The van der Waals surface area contributed by atoms with Crippen molar-refractivity contribution in [1.29, 1.82) is 0 Å². The molecule has 0 bridgehead atoms. The molecule has 20 heavy (non-hydrogen) atoms. The zero-order chi connectivity index (χ0) is 13.1. The Hall–Kier alpha value is -1.26. The van der Waals surface area contributed by atoms with Crippen LogP contribution in [0.25, 0.3) is 0 Å². The SMILES string of the molecule is Cl.O=C(NCC1CCNC1)C1CCOc2ccccc21. The van der Waals surface area contributed by atoms with Gasteiger partial charge in [0.15, 0.2) is 0 Å². The molecule has 0 spiro atoms. The Labute approximate surface area is 125 Å². The minimum Gasteiger partial charge on any atom is -0.493 e. The minimum absolute atomic E-state index is 0. The van der Waals surface area contributed by atoms with E-state index in [4.69, 9.17) is 4.74 Å². The van der Waals surface area contributed by atoms with Crippen LogP contribution in [-0.2, 0) is 4.79 Å². The Morgan fingerprint density at radius 3 is 3.00 bits per heavy atom. The Kier molecular flexibility index (Phi) is 5.26. The number of para-hydroxylation sites is 1. The lowest BCUT2D eigenvalue weighted by Crippen LogP contribution is -2.35. The smallest absolute Gasteiger partial charge is 0.227 e. The number of ether oxygens (including phenoxy) is 1. The quantitative estimate of drug-likeness (QED) is 0.893. The second-order valence-corrected chi connectivity index (χ2v) is 5.33. The first-order valence-electron chi connectivity index (χ1n) is 7.05. The summed E-state index contributed by atoms with van der Waals surface area (Å²) < 4.78 is 5.59. The summed E-state index contributed by atoms with van der Waals surface area (Å²) >= 11 is 0. The van der Waals surface area contributed by atoms with Crippen LogP contribution in [0, 0.1) is 5.92 Å². The van der Waals surface area contributed by atoms with Crippen molar-refractivity contribution in [3.63, 3.8) is 0 Å². The molecule has 2 atom stereocenters. The van der Waals surface area contributed by atoms with Gasteiger partial charge in [-0.25, -0.2) is 0 Å². The third-order valence-electron chi connectivity index (χ3n) is 4.00. The first kappa shape index (κ1) is 15.1. The van der Waals surface area contributed by atoms with E-state index < -0.39 is 0 Å². The highest BCUT2D eigenvalue weighted by atomic mass is 35.5. The summed E-state index contributed by atoms with van der Waals surface area (Å²) in [5.74, 6) is 1.53. The Morgan fingerprint density at radius 1 is 1.35 bits per heavy atom. The maximum Gasteiger partial charge on any atom is 0.227 e. The Balaban J connectivity index is 0.00000147. The summed E-state index contributed by atoms with van der Waals surface area (Å²) in [6, 6.07) is 7.85. The number of nitrogens with one attached hydrogen (secondary N) is 2. The first-order chi connectivity index (χ1) is 9.34. The van der Waals surface area contributed by atoms with Gasteiger partial charge in [-0.15, -0.1) is 12.4 Å². The zero-order valence-electron chi connectivity index (χ0n) is 11.4. The summed E-state index contributed by atoms with van der Waals surface area (Å²) in [6.07, 6.45) is 1.93. The third kappa shape index (κ3) is 3.25. The van der Waals surface area contributed by atoms with Crippen LogP contribution in [0.4, 0.5) is 0 Å². The van der Waals surface area contributed by atoms with E-state index in [1.54, 1.807) is 0 Å². The Morgan fingerprint density at radius 2 is 2.20 bits per heavy atom. The van der Waals surface area contributed by atoms with Gasteiger partial charge in [-0.2, -0.15) is 0 Å². The summed E-state index contributed by atoms with van der Waals surface area (Å²) in [6.45, 7) is 3.50. The largest absolute Gasteiger partial charge is 0.493 e. The molecule has 3 rings (SSSR count). The number of amides is 1. The molecule has 2 aliphatic heterocycles. The molecule has 0 saturated carbocycles. The highest BCUT2D eigenvalue weighted by Crippen LogP contribution is 2.33. The molecule has 1 fully saturated rings. The van der Waals surface area contributed by atoms with Crippen molar-refractivity contribution in [3.05, 3.63) is 29.8 Å². The average Bonchev–Trinajstić information content (AvgIpc) is 2.97. The van der Waals surface area contributed by atoms with Crippen LogP contribution in [-0.4, -0.2) is 32.1 Å². The van der Waals surface area contributed by atoms with Crippen LogP contribution in [0.5, 0.6) is 5.75 Å². The van der Waals surface area contributed by atoms with Crippen molar-refractivity contribution in [3.8, 4) is 5.75 Å². The lowest BCUT2D eigenvalue weighted by Gasteiger charge is -2.25. The lowest BCUT2D eigenvalue weighted by atomic mass is 9.92. The molecule has 0 radical (unpaired) electrons. The molecule has 2 unspecified atom stereocenters. The molecule has 2 aliphatic rings. The fourth-order valence-electron chi connectivity index (χ4n) is 2.87. The molecular weight excluding hydrogens is 276 g/mol. The molecular formula is C15H21ClN2O2. The number of hydrogen-bond donors (Lipinski definition) is 2. The van der Waals surface area contributed by atoms with E-state index in [2.05, 4.69) is 10.6 Å². The fourth-order valence-corrected chi connectivity index (χ4v) is 2.87. The van der Waals surface area contributed by atoms with E-state index in [-0.39, 0.29) is 24.2 Å². The van der Waals surface area contributed by atoms with Gasteiger partial charge in [-0.3, -0.25) is 4.79 Å². The molecule has 1 amide bonds. The number of rotatable bonds is 3. The predicted octanol–water partition coefficient (Wildman–Crippen LogP) is 1.70. The van der Waals surface area contributed by atoms with Crippen LogP contribution in [0.1, 0.15) is 24.3 Å². The van der Waals surface area contributed by atoms with Gasteiger partial charge < -0.3 is 15.4 Å². The average molecular weight is 297 g/mol. The van der Waals surface area contributed by atoms with Gasteiger partial charge in [0.25, 0.3) is 0 Å². The van der Waals surface area contributed by atoms with E-state index in [1.165, 1.54) is 0 Å². The van der Waals surface area contributed by atoms with Gasteiger partial charge in [0.05, 0.1) is 12.5 Å². The summed E-state index contributed by atoms with van der Waals surface area (Å²) in [5, 5.41) is 6.42. The lowest BCUT2D eigenvalue weighted by molar-refractivity contribution is -0.123. The summed E-state index contributed by atoms with van der Waals surface area (Å²) in [5.41, 5.74) is 1.02. The standard InChI is InChI=1S/C15H20N2O2.ClH/c18-15(17-10-11-5-7-16-9-11)13-6-8-19-14-4-2-1-3-12(13)14;/h1-4,11,13,16H,5-10H2,(H,17,18);1H. The Bertz CT molecular complexity index is 461. The number of hydrogen-bond acceptors (Lipinski definition) is 3. The number of fused-ring (bicyclic) bond motifs is 1. The van der Waals surface area contributed by atoms with E-state index in [1.807, 2.05) is 24.3 Å². The molecule has 1 aromatic carbocycles. The molecule has 1 saturated heterocycles. The number of carbonyl (C=O) groups is 1. The normalized spacial score (nSPS) is 24.2. The van der Waals surface area contributed by atoms with Crippen LogP contribution in [0.3, 0.4) is 0 Å². The first-order valence-corrected chi connectivity index (χ1v) is 7.05. The second-order valence-electron chi connectivity index (χ2n) is 5.33. The van der Waals surface area contributed by atoms with Crippen molar-refractivity contribution >= 4 is 18.3 Å². The molecule has 110 valence electrons.